The number of ketones is 1. The first-order valence-electron chi connectivity index (χ1n) is 6.18. The lowest BCUT2D eigenvalue weighted by molar-refractivity contribution is -0.171. The Balaban J connectivity index is 2.98. The predicted molar refractivity (Wildman–Crippen MR) is 67.9 cm³/mol. The van der Waals surface area contributed by atoms with Crippen LogP contribution in [0, 0.1) is 11.3 Å². The second kappa shape index (κ2) is 4.84. The molecule has 0 aromatic rings. The summed E-state index contributed by atoms with van der Waals surface area (Å²) in [6, 6.07) is 0. The molecule has 18 heavy (non-hydrogen) atoms. The summed E-state index contributed by atoms with van der Waals surface area (Å²) >= 11 is 0. The molecule has 1 aliphatic carbocycles. The summed E-state index contributed by atoms with van der Waals surface area (Å²) in [4.78, 5) is 24.1. The standard InChI is InChI=1S/C14H22O4/c1-9(15)14(5,10-6-7-11(16)8-10)12(17)18-13(2,3)4/h6-7,10-11,16H,8H2,1-5H3/t10-,11+,14?/m0/s1. The zero-order chi connectivity index (χ0) is 14.1. The number of rotatable bonds is 3. The van der Waals surface area contributed by atoms with Crippen molar-refractivity contribution in [3.05, 3.63) is 12.2 Å². The normalized spacial score (nSPS) is 26.8. The molecule has 1 aliphatic rings. The smallest absolute Gasteiger partial charge is 0.320 e. The Morgan fingerprint density at radius 1 is 1.22 bits per heavy atom. The molecule has 0 spiro atoms. The van der Waals surface area contributed by atoms with Crippen LogP contribution in [-0.4, -0.2) is 28.6 Å². The fourth-order valence-corrected chi connectivity index (χ4v) is 2.05. The Labute approximate surface area is 108 Å². The van der Waals surface area contributed by atoms with Crippen molar-refractivity contribution in [1.29, 1.82) is 0 Å². The van der Waals surface area contributed by atoms with E-state index >= 15 is 0 Å². The molecule has 1 unspecified atom stereocenters. The minimum absolute atomic E-state index is 0.236. The molecule has 0 aromatic heterocycles. The molecule has 4 nitrogen and oxygen atoms in total. The molecule has 1 N–H and O–H groups in total. The SMILES string of the molecule is CC(=O)C(C)(C(=O)OC(C)(C)C)[C@H]1C=C[C@@H](O)C1. The third-order valence-corrected chi connectivity index (χ3v) is 3.36. The molecule has 0 radical (unpaired) electrons. The van der Waals surface area contributed by atoms with Gasteiger partial charge in [-0.1, -0.05) is 12.2 Å². The maximum atomic E-state index is 12.3. The average Bonchev–Trinajstić information content (AvgIpc) is 2.60. The molecule has 0 aromatic carbocycles. The first-order chi connectivity index (χ1) is 8.07. The number of Topliss-reactive ketones (excluding diaryl/α,β-unsaturated/α-hetero) is 1. The van der Waals surface area contributed by atoms with Gasteiger partial charge in [0.2, 0.25) is 0 Å². The molecule has 3 atom stereocenters. The van der Waals surface area contributed by atoms with Gasteiger partial charge in [-0.15, -0.1) is 0 Å². The topological polar surface area (TPSA) is 63.6 Å². The molecule has 0 fully saturated rings. The molecule has 4 heteroatoms. The summed E-state index contributed by atoms with van der Waals surface area (Å²) in [6.07, 6.45) is 3.15. The van der Waals surface area contributed by atoms with Crippen LogP contribution >= 0.6 is 0 Å². The number of ether oxygens (including phenoxy) is 1. The van der Waals surface area contributed by atoms with E-state index in [1.165, 1.54) is 6.92 Å². The lowest BCUT2D eigenvalue weighted by atomic mass is 9.73. The van der Waals surface area contributed by atoms with E-state index in [9.17, 15) is 14.7 Å². The zero-order valence-corrected chi connectivity index (χ0v) is 11.7. The van der Waals surface area contributed by atoms with Gasteiger partial charge >= 0.3 is 5.97 Å². The number of aliphatic hydroxyl groups excluding tert-OH is 1. The van der Waals surface area contributed by atoms with Gasteiger partial charge in [-0.25, -0.2) is 0 Å². The lowest BCUT2D eigenvalue weighted by Crippen LogP contribution is -2.45. The van der Waals surface area contributed by atoms with E-state index < -0.39 is 23.1 Å². The predicted octanol–water partition coefficient (Wildman–Crippen LogP) is 1.86. The highest BCUT2D eigenvalue weighted by molar-refractivity contribution is 6.03. The summed E-state index contributed by atoms with van der Waals surface area (Å²) in [5.41, 5.74) is -1.85. The van der Waals surface area contributed by atoms with E-state index in [0.29, 0.717) is 6.42 Å². The van der Waals surface area contributed by atoms with Crippen LogP contribution in [0.3, 0.4) is 0 Å². The summed E-state index contributed by atoms with van der Waals surface area (Å²) in [5.74, 6) is -1.06. The third kappa shape index (κ3) is 2.99. The lowest BCUT2D eigenvalue weighted by Gasteiger charge is -2.33. The number of hydrogen-bond acceptors (Lipinski definition) is 4. The summed E-state index contributed by atoms with van der Waals surface area (Å²) in [7, 11) is 0. The monoisotopic (exact) mass is 254 g/mol. The Hall–Kier alpha value is -1.16. The van der Waals surface area contributed by atoms with Gasteiger partial charge in [-0.05, 0) is 41.0 Å². The van der Waals surface area contributed by atoms with Gasteiger partial charge in [-0.2, -0.15) is 0 Å². The highest BCUT2D eigenvalue weighted by atomic mass is 16.6. The van der Waals surface area contributed by atoms with E-state index in [4.69, 9.17) is 4.74 Å². The summed E-state index contributed by atoms with van der Waals surface area (Å²) in [6.45, 7) is 8.29. The van der Waals surface area contributed by atoms with Gasteiger partial charge in [0.25, 0.3) is 0 Å². The Bertz CT molecular complexity index is 378. The molecule has 1 rings (SSSR count). The van der Waals surface area contributed by atoms with E-state index in [-0.39, 0.29) is 11.7 Å². The van der Waals surface area contributed by atoms with Crippen LogP contribution in [0.15, 0.2) is 12.2 Å². The van der Waals surface area contributed by atoms with Crippen molar-refractivity contribution < 1.29 is 19.4 Å². The van der Waals surface area contributed by atoms with Gasteiger partial charge < -0.3 is 9.84 Å². The highest BCUT2D eigenvalue weighted by Gasteiger charge is 2.48. The van der Waals surface area contributed by atoms with Crippen LogP contribution in [0.1, 0.15) is 41.0 Å². The first kappa shape index (κ1) is 14.9. The van der Waals surface area contributed by atoms with Crippen molar-refractivity contribution >= 4 is 11.8 Å². The maximum Gasteiger partial charge on any atom is 0.320 e. The average molecular weight is 254 g/mol. The minimum atomic E-state index is -1.22. The Morgan fingerprint density at radius 2 is 1.78 bits per heavy atom. The Kier molecular flexibility index (Phi) is 4.01. The van der Waals surface area contributed by atoms with Crippen molar-refractivity contribution in [2.45, 2.75) is 52.7 Å². The molecule has 102 valence electrons. The Morgan fingerprint density at radius 3 is 2.11 bits per heavy atom. The van der Waals surface area contributed by atoms with Crippen LogP contribution in [0.4, 0.5) is 0 Å². The molecule has 0 bridgehead atoms. The minimum Gasteiger partial charge on any atom is -0.459 e. The van der Waals surface area contributed by atoms with Gasteiger partial charge in [0.05, 0.1) is 6.10 Å². The number of carbonyl (C=O) groups excluding carboxylic acids is 2. The quantitative estimate of drug-likeness (QED) is 0.474. The van der Waals surface area contributed by atoms with Crippen LogP contribution in [-0.2, 0) is 14.3 Å². The number of allylic oxidation sites excluding steroid dienone is 1. The first-order valence-corrected chi connectivity index (χ1v) is 6.18. The van der Waals surface area contributed by atoms with E-state index in [2.05, 4.69) is 0 Å². The van der Waals surface area contributed by atoms with Gasteiger partial charge in [0, 0.05) is 5.92 Å². The van der Waals surface area contributed by atoms with Gasteiger partial charge in [0.15, 0.2) is 0 Å². The molecule has 0 aliphatic heterocycles. The molecular weight excluding hydrogens is 232 g/mol. The van der Waals surface area contributed by atoms with Crippen LogP contribution in [0.5, 0.6) is 0 Å². The summed E-state index contributed by atoms with van der Waals surface area (Å²) in [5, 5.41) is 9.51. The summed E-state index contributed by atoms with van der Waals surface area (Å²) < 4.78 is 5.34. The second-order valence-corrected chi connectivity index (χ2v) is 6.05. The van der Waals surface area contributed by atoms with Gasteiger partial charge in [-0.3, -0.25) is 9.59 Å². The number of carbonyl (C=O) groups is 2. The second-order valence-electron chi connectivity index (χ2n) is 6.05. The fourth-order valence-electron chi connectivity index (χ4n) is 2.05. The zero-order valence-electron chi connectivity index (χ0n) is 11.7. The highest BCUT2D eigenvalue weighted by Crippen LogP contribution is 2.38. The molecule has 0 amide bonds. The number of hydrogen-bond donors (Lipinski definition) is 1. The van der Waals surface area contributed by atoms with E-state index in [1.54, 1.807) is 39.8 Å². The fraction of sp³-hybridized carbons (Fsp3) is 0.714. The van der Waals surface area contributed by atoms with Crippen LogP contribution in [0.2, 0.25) is 0 Å². The van der Waals surface area contributed by atoms with Gasteiger partial charge in [0.1, 0.15) is 16.8 Å². The van der Waals surface area contributed by atoms with E-state index in [0.717, 1.165) is 0 Å². The largest absolute Gasteiger partial charge is 0.459 e. The number of esters is 1. The van der Waals surface area contributed by atoms with Crippen molar-refractivity contribution in [3.8, 4) is 0 Å². The van der Waals surface area contributed by atoms with Crippen LogP contribution < -0.4 is 0 Å². The molecule has 0 heterocycles. The van der Waals surface area contributed by atoms with Crippen molar-refractivity contribution in [1.82, 2.24) is 0 Å². The molecule has 0 saturated carbocycles. The van der Waals surface area contributed by atoms with E-state index in [1.807, 2.05) is 0 Å². The van der Waals surface area contributed by atoms with Crippen molar-refractivity contribution in [2.75, 3.05) is 0 Å². The number of aliphatic hydroxyl groups is 1. The molecular formula is C14H22O4. The molecule has 0 saturated heterocycles. The maximum absolute atomic E-state index is 12.3. The van der Waals surface area contributed by atoms with Crippen molar-refractivity contribution in [3.63, 3.8) is 0 Å². The third-order valence-electron chi connectivity index (χ3n) is 3.36. The van der Waals surface area contributed by atoms with Crippen molar-refractivity contribution in [2.24, 2.45) is 11.3 Å². The van der Waals surface area contributed by atoms with Crippen LogP contribution in [0.25, 0.3) is 0 Å².